The van der Waals surface area contributed by atoms with Gasteiger partial charge in [-0.25, -0.2) is 9.78 Å². The molecule has 0 amide bonds. The Morgan fingerprint density at radius 1 is 1.24 bits per heavy atom. The van der Waals surface area contributed by atoms with Gasteiger partial charge in [0.15, 0.2) is 5.69 Å². The highest BCUT2D eigenvalue weighted by molar-refractivity contribution is 6.10. The number of pyridine rings is 1. The molecule has 2 aromatic rings. The largest absolute Gasteiger partial charge is 0.477 e. The number of nitrogens with one attached hydrogen (secondary N) is 2. The first kappa shape index (κ1) is 23.2. The molecule has 2 aliphatic rings. The van der Waals surface area contributed by atoms with E-state index in [0.29, 0.717) is 36.8 Å². The van der Waals surface area contributed by atoms with Crippen molar-refractivity contribution in [1.82, 2.24) is 4.98 Å². The highest BCUT2D eigenvalue weighted by Gasteiger charge is 2.37. The van der Waals surface area contributed by atoms with Gasteiger partial charge in [-0.15, -0.1) is 0 Å². The Bertz CT molecular complexity index is 999. The van der Waals surface area contributed by atoms with Crippen LogP contribution in [0.15, 0.2) is 36.4 Å². The Kier molecular flexibility index (Phi) is 6.95. The summed E-state index contributed by atoms with van der Waals surface area (Å²) < 4.78 is 11.2. The lowest BCUT2D eigenvalue weighted by atomic mass is 9.78. The zero-order valence-corrected chi connectivity index (χ0v) is 19.3. The maximum atomic E-state index is 12.0. The monoisotopic (exact) mass is 452 g/mol. The van der Waals surface area contributed by atoms with Crippen LogP contribution >= 0.6 is 0 Å². The molecule has 1 aliphatic heterocycles. The van der Waals surface area contributed by atoms with Crippen LogP contribution in [-0.2, 0) is 9.47 Å². The lowest BCUT2D eigenvalue weighted by Crippen LogP contribution is -2.48. The number of carboxylic acid groups (broad SMARTS) is 1. The van der Waals surface area contributed by atoms with Crippen molar-refractivity contribution in [2.24, 2.45) is 5.92 Å². The Morgan fingerprint density at radius 3 is 2.48 bits per heavy atom. The van der Waals surface area contributed by atoms with Crippen LogP contribution in [0.1, 0.15) is 48.2 Å². The van der Waals surface area contributed by atoms with Gasteiger partial charge in [0.05, 0.1) is 23.5 Å². The predicted molar refractivity (Wildman–Crippen MR) is 128 cm³/mol. The minimum atomic E-state index is -1.09. The van der Waals surface area contributed by atoms with Gasteiger partial charge in [-0.2, -0.15) is 0 Å². The molecule has 1 aromatic heterocycles. The van der Waals surface area contributed by atoms with Gasteiger partial charge in [0.25, 0.3) is 0 Å². The highest BCUT2D eigenvalue weighted by Crippen LogP contribution is 2.39. The van der Waals surface area contributed by atoms with E-state index in [1.165, 1.54) is 0 Å². The maximum absolute atomic E-state index is 12.0. The number of aromatic nitrogens is 1. The minimum absolute atomic E-state index is 0.0333. The van der Waals surface area contributed by atoms with E-state index < -0.39 is 5.97 Å². The first-order chi connectivity index (χ1) is 16.0. The predicted octanol–water partition coefficient (Wildman–Crippen LogP) is 4.32. The Hall–Kier alpha value is -2.97. The number of para-hydroxylation sites is 1. The molecule has 1 saturated carbocycles. The SMILES string of the molecule is COCC1(OC)CCN(c2cc(C(=O)O)nc(Nc3ccccc3)c2C(=N)C2CCC2)CC1. The zero-order chi connectivity index (χ0) is 23.4. The number of methoxy groups -OCH3 is 2. The number of nitrogens with zero attached hydrogens (tertiary/aromatic N) is 2. The number of aromatic carboxylic acids is 1. The third kappa shape index (κ3) is 4.86. The molecule has 2 fully saturated rings. The van der Waals surface area contributed by atoms with Gasteiger partial charge >= 0.3 is 5.97 Å². The second kappa shape index (κ2) is 9.89. The first-order valence-electron chi connectivity index (χ1n) is 11.4. The fraction of sp³-hybridized carbons (Fsp3) is 0.480. The smallest absolute Gasteiger partial charge is 0.354 e. The van der Waals surface area contributed by atoms with E-state index in [4.69, 9.17) is 14.9 Å². The third-order valence-corrected chi connectivity index (χ3v) is 6.89. The quantitative estimate of drug-likeness (QED) is 0.486. The van der Waals surface area contributed by atoms with E-state index in [1.807, 2.05) is 30.3 Å². The molecule has 1 aromatic carbocycles. The summed E-state index contributed by atoms with van der Waals surface area (Å²) in [5.74, 6) is -0.487. The number of carboxylic acids is 1. The summed E-state index contributed by atoms with van der Waals surface area (Å²) in [5, 5.41) is 22.1. The molecule has 8 nitrogen and oxygen atoms in total. The van der Waals surface area contributed by atoms with Crippen molar-refractivity contribution >= 4 is 28.9 Å². The van der Waals surface area contributed by atoms with E-state index in [0.717, 1.165) is 43.5 Å². The van der Waals surface area contributed by atoms with Gasteiger partial charge in [-0.1, -0.05) is 24.6 Å². The summed E-state index contributed by atoms with van der Waals surface area (Å²) >= 11 is 0. The lowest BCUT2D eigenvalue weighted by molar-refractivity contribution is -0.0783. The number of carbonyl (C=O) groups is 1. The van der Waals surface area contributed by atoms with E-state index >= 15 is 0 Å². The molecule has 1 saturated heterocycles. The summed E-state index contributed by atoms with van der Waals surface area (Å²) in [5.41, 5.74) is 2.40. The second-order valence-electron chi connectivity index (χ2n) is 8.90. The van der Waals surface area contributed by atoms with Gasteiger partial charge in [0.1, 0.15) is 5.82 Å². The van der Waals surface area contributed by atoms with Crippen molar-refractivity contribution in [1.29, 1.82) is 5.41 Å². The average molecular weight is 453 g/mol. The molecule has 3 N–H and O–H groups in total. The first-order valence-corrected chi connectivity index (χ1v) is 11.4. The van der Waals surface area contributed by atoms with Crippen molar-refractivity contribution in [3.05, 3.63) is 47.7 Å². The number of benzene rings is 1. The number of piperidine rings is 1. The Balaban J connectivity index is 1.76. The van der Waals surface area contributed by atoms with Crippen LogP contribution in [0.4, 0.5) is 17.2 Å². The van der Waals surface area contributed by atoms with Crippen LogP contribution in [0.3, 0.4) is 0 Å². The number of ether oxygens (including phenoxy) is 2. The molecular formula is C25H32N4O4. The van der Waals surface area contributed by atoms with Crippen LogP contribution in [0, 0.1) is 11.3 Å². The number of rotatable bonds is 9. The molecule has 0 atom stereocenters. The summed E-state index contributed by atoms with van der Waals surface area (Å²) in [4.78, 5) is 18.6. The molecule has 0 radical (unpaired) electrons. The summed E-state index contributed by atoms with van der Waals surface area (Å²) in [6.45, 7) is 1.87. The van der Waals surface area contributed by atoms with Crippen LogP contribution in [0.2, 0.25) is 0 Å². The minimum Gasteiger partial charge on any atom is -0.477 e. The molecule has 33 heavy (non-hydrogen) atoms. The van der Waals surface area contributed by atoms with Gasteiger partial charge in [0.2, 0.25) is 0 Å². The van der Waals surface area contributed by atoms with E-state index in [1.54, 1.807) is 20.3 Å². The Labute approximate surface area is 194 Å². The average Bonchev–Trinajstić information content (AvgIpc) is 2.78. The maximum Gasteiger partial charge on any atom is 0.354 e. The summed E-state index contributed by atoms with van der Waals surface area (Å²) in [6, 6.07) is 11.2. The van der Waals surface area contributed by atoms with Gasteiger partial charge in [0, 0.05) is 44.6 Å². The summed E-state index contributed by atoms with van der Waals surface area (Å²) in [6.07, 6.45) is 4.57. The standard InChI is InChI=1S/C25H32N4O4/c1-32-16-25(33-2)11-13-29(14-12-25)20-15-19(24(30)31)28-23(27-18-9-4-3-5-10-18)21(20)22(26)17-7-6-8-17/h3-5,9-10,15,17,26H,6-8,11-14,16H2,1-2H3,(H,27,28)(H,30,31). The van der Waals surface area contributed by atoms with Crippen LogP contribution in [0.5, 0.6) is 0 Å². The topological polar surface area (TPSA) is 108 Å². The molecule has 4 rings (SSSR count). The molecule has 0 bridgehead atoms. The second-order valence-corrected chi connectivity index (χ2v) is 8.90. The van der Waals surface area contributed by atoms with E-state index in [2.05, 4.69) is 15.2 Å². The molecule has 2 heterocycles. The molecule has 0 spiro atoms. The highest BCUT2D eigenvalue weighted by atomic mass is 16.5. The van der Waals surface area contributed by atoms with Crippen LogP contribution < -0.4 is 10.2 Å². The normalized spacial score (nSPS) is 17.9. The number of hydrogen-bond acceptors (Lipinski definition) is 7. The summed E-state index contributed by atoms with van der Waals surface area (Å²) in [7, 11) is 3.39. The number of hydrogen-bond donors (Lipinski definition) is 3. The van der Waals surface area contributed by atoms with Gasteiger partial charge in [-0.3, -0.25) is 0 Å². The van der Waals surface area contributed by atoms with E-state index in [9.17, 15) is 9.90 Å². The molecular weight excluding hydrogens is 420 g/mol. The van der Waals surface area contributed by atoms with Gasteiger partial charge < -0.3 is 30.2 Å². The van der Waals surface area contributed by atoms with Crippen LogP contribution in [0.25, 0.3) is 0 Å². The lowest BCUT2D eigenvalue weighted by Gasteiger charge is -2.42. The fourth-order valence-electron chi connectivity index (χ4n) is 4.63. The molecule has 8 heteroatoms. The third-order valence-electron chi connectivity index (χ3n) is 6.89. The zero-order valence-electron chi connectivity index (χ0n) is 19.3. The van der Waals surface area contributed by atoms with Crippen molar-refractivity contribution in [3.8, 4) is 0 Å². The Morgan fingerprint density at radius 2 is 1.94 bits per heavy atom. The fourth-order valence-corrected chi connectivity index (χ4v) is 4.63. The molecule has 1 aliphatic carbocycles. The van der Waals surface area contributed by atoms with Crippen molar-refractivity contribution in [3.63, 3.8) is 0 Å². The van der Waals surface area contributed by atoms with Crippen molar-refractivity contribution in [2.75, 3.05) is 44.1 Å². The van der Waals surface area contributed by atoms with Crippen molar-refractivity contribution in [2.45, 2.75) is 37.7 Å². The van der Waals surface area contributed by atoms with Crippen molar-refractivity contribution < 1.29 is 19.4 Å². The number of anilines is 3. The van der Waals surface area contributed by atoms with Crippen LogP contribution in [-0.4, -0.2) is 61.3 Å². The van der Waals surface area contributed by atoms with E-state index in [-0.39, 0.29) is 17.2 Å². The molecule has 0 unspecified atom stereocenters. The molecule has 176 valence electrons. The van der Waals surface area contributed by atoms with Gasteiger partial charge in [-0.05, 0) is 43.9 Å².